The molecular formula is C30H40O7. The van der Waals surface area contributed by atoms with Gasteiger partial charge in [-0.1, -0.05) is 40.2 Å². The molecule has 0 amide bonds. The number of carboxylic acid groups (broad SMARTS) is 1. The maximum atomic E-state index is 14.0. The van der Waals surface area contributed by atoms with Crippen LogP contribution in [0, 0.1) is 39.4 Å². The van der Waals surface area contributed by atoms with Crippen LogP contribution in [-0.4, -0.2) is 45.4 Å². The first-order chi connectivity index (χ1) is 16.9. The third-order valence-electron chi connectivity index (χ3n) is 10.9. The SMILES string of the molecule is CC(=CC(=O)CC(C)C(=O)O)C1CC(=O)C2(C)C3=C(C(=O)CC12C)C1(C)CCC(=O)C(C)(C)C1CC3O. The molecule has 2 saturated carbocycles. The molecule has 4 aliphatic carbocycles. The van der Waals surface area contributed by atoms with Gasteiger partial charge in [0.15, 0.2) is 11.6 Å². The molecule has 7 nitrogen and oxygen atoms in total. The number of carbonyl (C=O) groups excluding carboxylic acids is 4. The molecule has 0 aromatic rings. The van der Waals surface area contributed by atoms with Crippen molar-refractivity contribution in [1.82, 2.24) is 0 Å². The molecule has 0 spiro atoms. The van der Waals surface area contributed by atoms with Gasteiger partial charge in [-0.05, 0) is 55.6 Å². The van der Waals surface area contributed by atoms with Crippen molar-refractivity contribution in [3.8, 4) is 0 Å². The molecule has 202 valence electrons. The van der Waals surface area contributed by atoms with Gasteiger partial charge < -0.3 is 10.2 Å². The van der Waals surface area contributed by atoms with Crippen molar-refractivity contribution in [2.24, 2.45) is 39.4 Å². The van der Waals surface area contributed by atoms with Gasteiger partial charge >= 0.3 is 5.97 Å². The van der Waals surface area contributed by atoms with E-state index < -0.39 is 39.7 Å². The van der Waals surface area contributed by atoms with E-state index in [1.54, 1.807) is 6.92 Å². The van der Waals surface area contributed by atoms with E-state index in [-0.39, 0.29) is 54.2 Å². The Morgan fingerprint density at radius 2 is 1.70 bits per heavy atom. The Hall–Kier alpha value is -2.41. The van der Waals surface area contributed by atoms with Crippen LogP contribution >= 0.6 is 0 Å². The lowest BCUT2D eigenvalue weighted by Crippen LogP contribution is -2.59. The van der Waals surface area contributed by atoms with Crippen LogP contribution in [0.3, 0.4) is 0 Å². The molecule has 0 bridgehead atoms. The highest BCUT2D eigenvalue weighted by Gasteiger charge is 2.70. The maximum absolute atomic E-state index is 14.0. The number of carbonyl (C=O) groups is 5. The zero-order chi connectivity index (χ0) is 27.9. The molecule has 37 heavy (non-hydrogen) atoms. The number of rotatable bonds is 5. The third kappa shape index (κ3) is 3.67. The van der Waals surface area contributed by atoms with E-state index >= 15 is 0 Å². The summed E-state index contributed by atoms with van der Waals surface area (Å²) in [7, 11) is 0. The van der Waals surface area contributed by atoms with Gasteiger partial charge in [-0.25, -0.2) is 0 Å². The molecule has 0 aromatic heterocycles. The number of fused-ring (bicyclic) bond motifs is 4. The Labute approximate surface area is 218 Å². The van der Waals surface area contributed by atoms with Crippen LogP contribution in [-0.2, 0) is 24.0 Å². The van der Waals surface area contributed by atoms with Crippen LogP contribution in [0.15, 0.2) is 22.8 Å². The Bertz CT molecular complexity index is 1170. The number of carboxylic acids is 1. The molecule has 0 aliphatic heterocycles. The summed E-state index contributed by atoms with van der Waals surface area (Å²) in [5.74, 6) is -2.74. The fourth-order valence-corrected chi connectivity index (χ4v) is 8.51. The topological polar surface area (TPSA) is 126 Å². The quantitative estimate of drug-likeness (QED) is 0.527. The lowest BCUT2D eigenvalue weighted by molar-refractivity contribution is -0.146. The normalized spacial score (nSPS) is 40.2. The summed E-state index contributed by atoms with van der Waals surface area (Å²) in [5.41, 5.74) is -1.43. The predicted molar refractivity (Wildman–Crippen MR) is 136 cm³/mol. The Morgan fingerprint density at radius 3 is 2.30 bits per heavy atom. The summed E-state index contributed by atoms with van der Waals surface area (Å²) < 4.78 is 0. The van der Waals surface area contributed by atoms with Gasteiger partial charge in [0.05, 0.1) is 17.4 Å². The Kier molecular flexibility index (Phi) is 6.38. The second-order valence-electron chi connectivity index (χ2n) is 13.3. The number of hydrogen-bond donors (Lipinski definition) is 2. The van der Waals surface area contributed by atoms with E-state index in [0.717, 1.165) is 0 Å². The van der Waals surface area contributed by atoms with E-state index in [2.05, 4.69) is 0 Å². The zero-order valence-corrected chi connectivity index (χ0v) is 23.1. The first kappa shape index (κ1) is 27.6. The Balaban J connectivity index is 1.81. The fourth-order valence-electron chi connectivity index (χ4n) is 8.51. The number of ketones is 4. The van der Waals surface area contributed by atoms with Gasteiger partial charge in [-0.2, -0.15) is 0 Å². The molecule has 4 rings (SSSR count). The first-order valence-corrected chi connectivity index (χ1v) is 13.4. The van der Waals surface area contributed by atoms with Crippen molar-refractivity contribution >= 4 is 29.1 Å². The molecule has 0 heterocycles. The number of aliphatic hydroxyl groups excluding tert-OH is 1. The Morgan fingerprint density at radius 1 is 1.08 bits per heavy atom. The molecule has 0 saturated heterocycles. The average Bonchev–Trinajstić information content (AvgIpc) is 2.99. The third-order valence-corrected chi connectivity index (χ3v) is 10.9. The highest BCUT2D eigenvalue weighted by Crippen LogP contribution is 2.70. The summed E-state index contributed by atoms with van der Waals surface area (Å²) in [5, 5.41) is 20.7. The van der Waals surface area contributed by atoms with Crippen LogP contribution in [0.4, 0.5) is 0 Å². The first-order valence-electron chi connectivity index (χ1n) is 13.4. The van der Waals surface area contributed by atoms with Crippen molar-refractivity contribution in [3.05, 3.63) is 22.8 Å². The average molecular weight is 513 g/mol. The summed E-state index contributed by atoms with van der Waals surface area (Å²) in [6.45, 7) is 12.9. The van der Waals surface area contributed by atoms with Gasteiger partial charge in [0.1, 0.15) is 11.6 Å². The van der Waals surface area contributed by atoms with Gasteiger partial charge in [0, 0.05) is 42.1 Å². The van der Waals surface area contributed by atoms with Crippen LogP contribution < -0.4 is 0 Å². The van der Waals surface area contributed by atoms with Crippen molar-refractivity contribution in [2.45, 2.75) is 93.1 Å². The van der Waals surface area contributed by atoms with Crippen LogP contribution in [0.5, 0.6) is 0 Å². The molecule has 2 fully saturated rings. The van der Waals surface area contributed by atoms with E-state index in [1.165, 1.54) is 13.0 Å². The summed E-state index contributed by atoms with van der Waals surface area (Å²) in [4.78, 5) is 64.5. The second kappa shape index (κ2) is 8.55. The van der Waals surface area contributed by atoms with Crippen molar-refractivity contribution in [1.29, 1.82) is 0 Å². The van der Waals surface area contributed by atoms with Gasteiger partial charge in [-0.3, -0.25) is 24.0 Å². The number of aliphatic carboxylic acids is 1. The van der Waals surface area contributed by atoms with E-state index in [0.29, 0.717) is 36.0 Å². The van der Waals surface area contributed by atoms with Crippen molar-refractivity contribution in [2.75, 3.05) is 0 Å². The standard InChI is InChI=1S/C30H40O7/c1-15(10-17(31)11-16(2)26(36)37)18-12-23(35)30(7)25-19(32)13-21-27(3,4)22(34)8-9-28(21,5)24(25)20(33)14-29(18,30)6/h10,16,18-19,21,32H,8-9,11-14H2,1-7H3,(H,36,37). The van der Waals surface area contributed by atoms with E-state index in [1.807, 2.05) is 34.6 Å². The van der Waals surface area contributed by atoms with Crippen LogP contribution in [0.2, 0.25) is 0 Å². The molecule has 7 atom stereocenters. The smallest absolute Gasteiger partial charge is 0.306 e. The zero-order valence-electron chi connectivity index (χ0n) is 23.1. The molecule has 0 radical (unpaired) electrons. The minimum Gasteiger partial charge on any atom is -0.481 e. The fraction of sp³-hybridized carbons (Fsp3) is 0.700. The minimum atomic E-state index is -1.08. The number of allylic oxidation sites excluding steroid dienone is 3. The van der Waals surface area contributed by atoms with E-state index in [9.17, 15) is 29.1 Å². The molecule has 2 N–H and O–H groups in total. The van der Waals surface area contributed by atoms with Gasteiger partial charge in [-0.15, -0.1) is 0 Å². The maximum Gasteiger partial charge on any atom is 0.306 e. The number of hydrogen-bond acceptors (Lipinski definition) is 6. The summed E-state index contributed by atoms with van der Waals surface area (Å²) in [6, 6.07) is 0. The highest BCUT2D eigenvalue weighted by molar-refractivity contribution is 6.06. The number of aliphatic hydroxyl groups is 1. The highest BCUT2D eigenvalue weighted by atomic mass is 16.4. The lowest BCUT2D eigenvalue weighted by atomic mass is 9.42. The second-order valence-corrected chi connectivity index (χ2v) is 13.3. The molecular weight excluding hydrogens is 472 g/mol. The van der Waals surface area contributed by atoms with Crippen molar-refractivity contribution < 1.29 is 34.2 Å². The molecule has 7 unspecified atom stereocenters. The largest absolute Gasteiger partial charge is 0.481 e. The molecule has 0 aromatic carbocycles. The monoisotopic (exact) mass is 512 g/mol. The molecule has 7 heteroatoms. The van der Waals surface area contributed by atoms with Crippen LogP contribution in [0.1, 0.15) is 87.0 Å². The molecule has 4 aliphatic rings. The predicted octanol–water partition coefficient (Wildman–Crippen LogP) is 4.26. The van der Waals surface area contributed by atoms with Gasteiger partial charge in [0.25, 0.3) is 0 Å². The minimum absolute atomic E-state index is 0.0497. The summed E-state index contributed by atoms with van der Waals surface area (Å²) in [6.07, 6.45) is 1.78. The van der Waals surface area contributed by atoms with E-state index in [4.69, 9.17) is 5.11 Å². The van der Waals surface area contributed by atoms with Crippen molar-refractivity contribution in [3.63, 3.8) is 0 Å². The van der Waals surface area contributed by atoms with Gasteiger partial charge in [0.2, 0.25) is 0 Å². The number of Topliss-reactive ketones (excluding diaryl/α,β-unsaturated/α-hetero) is 3. The van der Waals surface area contributed by atoms with Crippen LogP contribution in [0.25, 0.3) is 0 Å². The lowest BCUT2D eigenvalue weighted by Gasteiger charge is -2.60. The summed E-state index contributed by atoms with van der Waals surface area (Å²) >= 11 is 0.